The van der Waals surface area contributed by atoms with Gasteiger partial charge in [0.1, 0.15) is 5.41 Å². The van der Waals surface area contributed by atoms with Gasteiger partial charge in [0.05, 0.1) is 12.7 Å². The van der Waals surface area contributed by atoms with Crippen molar-refractivity contribution in [3.63, 3.8) is 0 Å². The molecule has 0 amide bonds. The van der Waals surface area contributed by atoms with Crippen LogP contribution in [-0.2, 0) is 9.53 Å². The summed E-state index contributed by atoms with van der Waals surface area (Å²) >= 11 is 0. The summed E-state index contributed by atoms with van der Waals surface area (Å²) in [6.07, 6.45) is 1.43. The van der Waals surface area contributed by atoms with Gasteiger partial charge in [-0.3, -0.25) is 4.79 Å². The van der Waals surface area contributed by atoms with Crippen molar-refractivity contribution in [2.24, 2.45) is 5.41 Å². The first kappa shape index (κ1) is 10.7. The zero-order valence-electron chi connectivity index (χ0n) is 8.46. The monoisotopic (exact) mass is 194 g/mol. The van der Waals surface area contributed by atoms with Crippen LogP contribution >= 0.6 is 0 Å². The Morgan fingerprint density at radius 3 is 3.14 bits per heavy atom. The molecule has 1 fully saturated rings. The van der Waals surface area contributed by atoms with Crippen LogP contribution in [0.2, 0.25) is 0 Å². The van der Waals surface area contributed by atoms with Gasteiger partial charge in [-0.2, -0.15) is 5.26 Å². The molecule has 1 aliphatic heterocycles. The van der Waals surface area contributed by atoms with Crippen molar-refractivity contribution in [1.29, 1.82) is 5.26 Å². The van der Waals surface area contributed by atoms with Crippen LogP contribution in [0.25, 0.3) is 0 Å². The van der Waals surface area contributed by atoms with Crippen molar-refractivity contribution in [1.82, 2.24) is 5.32 Å². The lowest BCUT2D eigenvalue weighted by molar-refractivity contribution is -0.151. The highest BCUT2D eigenvalue weighted by atomic mass is 16.5. The Morgan fingerprint density at radius 2 is 2.57 bits per heavy atom. The zero-order chi connectivity index (χ0) is 10.6. The molecular formula is C10H14N2O2. The molecule has 1 N–H and O–H groups in total. The van der Waals surface area contributed by atoms with Crippen LogP contribution in [-0.4, -0.2) is 25.7 Å². The van der Waals surface area contributed by atoms with Gasteiger partial charge in [0.2, 0.25) is 0 Å². The van der Waals surface area contributed by atoms with E-state index in [4.69, 9.17) is 10.00 Å². The van der Waals surface area contributed by atoms with Crippen molar-refractivity contribution in [2.45, 2.75) is 13.8 Å². The normalized spacial score (nSPS) is 28.8. The fourth-order valence-corrected chi connectivity index (χ4v) is 1.54. The van der Waals surface area contributed by atoms with Gasteiger partial charge < -0.3 is 10.1 Å². The number of carbonyl (C=O) groups excluding carboxylic acids is 1. The van der Waals surface area contributed by atoms with Crippen LogP contribution in [0.3, 0.4) is 0 Å². The van der Waals surface area contributed by atoms with E-state index in [2.05, 4.69) is 5.32 Å². The van der Waals surface area contributed by atoms with E-state index in [0.29, 0.717) is 19.7 Å². The topological polar surface area (TPSA) is 62.1 Å². The maximum absolute atomic E-state index is 11.6. The molecule has 1 unspecified atom stereocenters. The summed E-state index contributed by atoms with van der Waals surface area (Å²) in [5.74, 6) is -0.258. The Kier molecular flexibility index (Phi) is 3.26. The van der Waals surface area contributed by atoms with Crippen LogP contribution in [0.4, 0.5) is 0 Å². The molecule has 0 bridgehead atoms. The Morgan fingerprint density at radius 1 is 1.86 bits per heavy atom. The summed E-state index contributed by atoms with van der Waals surface area (Å²) in [5, 5.41) is 11.6. The Labute approximate surface area is 83.5 Å². The molecule has 4 nitrogen and oxygen atoms in total. The molecule has 14 heavy (non-hydrogen) atoms. The van der Waals surface area contributed by atoms with E-state index < -0.39 is 5.41 Å². The van der Waals surface area contributed by atoms with Crippen LogP contribution in [0, 0.1) is 16.7 Å². The molecule has 0 aromatic rings. The van der Waals surface area contributed by atoms with E-state index in [9.17, 15) is 4.79 Å². The third-order valence-electron chi connectivity index (χ3n) is 2.47. The van der Waals surface area contributed by atoms with Gasteiger partial charge in [0.25, 0.3) is 0 Å². The van der Waals surface area contributed by atoms with Crippen LogP contribution < -0.4 is 5.32 Å². The number of rotatable bonds is 2. The molecular weight excluding hydrogens is 180 g/mol. The molecule has 1 atom stereocenters. The maximum Gasteiger partial charge on any atom is 0.317 e. The first-order chi connectivity index (χ1) is 6.65. The second-order valence-corrected chi connectivity index (χ2v) is 3.45. The quantitative estimate of drug-likeness (QED) is 0.516. The minimum atomic E-state index is -0.661. The average Bonchev–Trinajstić information content (AvgIpc) is 2.51. The van der Waals surface area contributed by atoms with Crippen molar-refractivity contribution >= 4 is 5.97 Å². The van der Waals surface area contributed by atoms with Gasteiger partial charge in [0, 0.05) is 19.2 Å². The van der Waals surface area contributed by atoms with Gasteiger partial charge in [-0.1, -0.05) is 0 Å². The Balaban J connectivity index is 2.87. The molecule has 0 spiro atoms. The highest BCUT2D eigenvalue weighted by Crippen LogP contribution is 2.31. The lowest BCUT2D eigenvalue weighted by Crippen LogP contribution is -2.33. The van der Waals surface area contributed by atoms with Gasteiger partial charge in [-0.25, -0.2) is 0 Å². The molecule has 0 radical (unpaired) electrons. The highest BCUT2D eigenvalue weighted by molar-refractivity contribution is 5.81. The third-order valence-corrected chi connectivity index (χ3v) is 2.47. The van der Waals surface area contributed by atoms with E-state index >= 15 is 0 Å². The highest BCUT2D eigenvalue weighted by Gasteiger charge is 2.42. The van der Waals surface area contributed by atoms with Crippen molar-refractivity contribution in [3.8, 4) is 6.07 Å². The van der Waals surface area contributed by atoms with Gasteiger partial charge >= 0.3 is 5.97 Å². The van der Waals surface area contributed by atoms with Crippen molar-refractivity contribution in [3.05, 3.63) is 11.6 Å². The summed E-state index contributed by atoms with van der Waals surface area (Å²) in [6.45, 7) is 5.07. The Bertz CT molecular complexity index is 304. The third kappa shape index (κ3) is 1.78. The van der Waals surface area contributed by atoms with E-state index in [-0.39, 0.29) is 5.97 Å². The molecule has 0 aromatic carbocycles. The number of nitrogens with one attached hydrogen (secondary N) is 1. The second kappa shape index (κ2) is 4.25. The van der Waals surface area contributed by atoms with E-state index in [0.717, 1.165) is 5.57 Å². The summed E-state index contributed by atoms with van der Waals surface area (Å²) in [7, 11) is 0. The van der Waals surface area contributed by atoms with E-state index in [1.165, 1.54) is 6.08 Å². The lowest BCUT2D eigenvalue weighted by atomic mass is 9.85. The summed E-state index contributed by atoms with van der Waals surface area (Å²) in [6, 6.07) is 1.95. The molecule has 76 valence electrons. The first-order valence-corrected chi connectivity index (χ1v) is 4.62. The zero-order valence-corrected chi connectivity index (χ0v) is 8.46. The minimum Gasteiger partial charge on any atom is -0.465 e. The van der Waals surface area contributed by atoms with E-state index in [1.54, 1.807) is 13.8 Å². The maximum atomic E-state index is 11.6. The van der Waals surface area contributed by atoms with Gasteiger partial charge in [-0.05, 0) is 19.4 Å². The number of nitriles is 1. The van der Waals surface area contributed by atoms with Gasteiger partial charge in [0.15, 0.2) is 0 Å². The Hall–Kier alpha value is -1.34. The number of hydrogen-bond donors (Lipinski definition) is 1. The molecule has 1 rings (SSSR count). The molecule has 1 saturated heterocycles. The summed E-state index contributed by atoms with van der Waals surface area (Å²) < 4.78 is 4.98. The van der Waals surface area contributed by atoms with Gasteiger partial charge in [-0.15, -0.1) is 0 Å². The van der Waals surface area contributed by atoms with Crippen LogP contribution in [0.15, 0.2) is 11.6 Å². The summed E-state index contributed by atoms with van der Waals surface area (Å²) in [5.41, 5.74) is 0.143. The molecule has 1 heterocycles. The predicted octanol–water partition coefficient (Wildman–Crippen LogP) is 0.609. The second-order valence-electron chi connectivity index (χ2n) is 3.45. The number of nitrogens with zero attached hydrogens (tertiary/aromatic N) is 1. The summed E-state index contributed by atoms with van der Waals surface area (Å²) in [4.78, 5) is 11.6. The fraction of sp³-hybridized carbons (Fsp3) is 0.600. The molecule has 4 heteroatoms. The molecule has 0 saturated carbocycles. The number of allylic oxidation sites excluding steroid dienone is 1. The lowest BCUT2D eigenvalue weighted by Gasteiger charge is -2.21. The number of hydrogen-bond acceptors (Lipinski definition) is 4. The SMILES string of the molecule is CCOC(=O)C1(C)CNC/C1=C\C#N. The molecule has 0 aliphatic carbocycles. The largest absolute Gasteiger partial charge is 0.465 e. The number of esters is 1. The predicted molar refractivity (Wildman–Crippen MR) is 51.3 cm³/mol. The fourth-order valence-electron chi connectivity index (χ4n) is 1.54. The first-order valence-electron chi connectivity index (χ1n) is 4.62. The smallest absolute Gasteiger partial charge is 0.317 e. The molecule has 0 aromatic heterocycles. The van der Waals surface area contributed by atoms with Crippen molar-refractivity contribution in [2.75, 3.05) is 19.7 Å². The standard InChI is InChI=1S/C10H14N2O2/c1-3-14-9(13)10(2)7-12-6-8(10)4-5-11/h4,12H,3,6-7H2,1-2H3/b8-4+. The minimum absolute atomic E-state index is 0.258. The number of ether oxygens (including phenoxy) is 1. The average molecular weight is 194 g/mol. The van der Waals surface area contributed by atoms with Crippen LogP contribution in [0.5, 0.6) is 0 Å². The van der Waals surface area contributed by atoms with Crippen molar-refractivity contribution < 1.29 is 9.53 Å². The molecule has 1 aliphatic rings. The number of carbonyl (C=O) groups is 1. The van der Waals surface area contributed by atoms with E-state index in [1.807, 2.05) is 6.07 Å². The van der Waals surface area contributed by atoms with Crippen LogP contribution in [0.1, 0.15) is 13.8 Å².